The molecule has 0 radical (unpaired) electrons. The zero-order chi connectivity index (χ0) is 17.7. The number of nitrogens with zero attached hydrogens (tertiary/aromatic N) is 1. The summed E-state index contributed by atoms with van der Waals surface area (Å²) in [4.78, 5) is 13.5. The first-order valence-corrected chi connectivity index (χ1v) is 9.68. The van der Waals surface area contributed by atoms with Gasteiger partial charge >= 0.3 is 0 Å². The minimum Gasteiger partial charge on any atom is -0.325 e. The molecule has 0 aliphatic rings. The molecule has 0 saturated heterocycles. The SMILES string of the molecule is C[C@@H](Sc1ccccc1)C(=O)Nc1ccc(S(=O)(=O)N(C)C)cc1. The lowest BCUT2D eigenvalue weighted by Crippen LogP contribution is -2.23. The van der Waals surface area contributed by atoms with Crippen LogP contribution < -0.4 is 5.32 Å². The second-order valence-electron chi connectivity index (χ2n) is 5.37. The summed E-state index contributed by atoms with van der Waals surface area (Å²) < 4.78 is 25.2. The van der Waals surface area contributed by atoms with Crippen LogP contribution >= 0.6 is 11.8 Å². The molecule has 0 aliphatic heterocycles. The zero-order valence-corrected chi connectivity index (χ0v) is 15.4. The van der Waals surface area contributed by atoms with Gasteiger partial charge in [-0.3, -0.25) is 4.79 Å². The number of carbonyl (C=O) groups is 1. The molecule has 24 heavy (non-hydrogen) atoms. The monoisotopic (exact) mass is 364 g/mol. The maximum absolute atomic E-state index is 12.2. The Morgan fingerprint density at radius 2 is 1.62 bits per heavy atom. The highest BCUT2D eigenvalue weighted by Crippen LogP contribution is 2.24. The summed E-state index contributed by atoms with van der Waals surface area (Å²) in [5, 5.41) is 2.54. The summed E-state index contributed by atoms with van der Waals surface area (Å²) in [6.45, 7) is 1.83. The quantitative estimate of drug-likeness (QED) is 0.800. The Balaban J connectivity index is 2.02. The summed E-state index contributed by atoms with van der Waals surface area (Å²) in [6, 6.07) is 15.8. The Morgan fingerprint density at radius 3 is 2.17 bits per heavy atom. The third-order valence-electron chi connectivity index (χ3n) is 3.33. The van der Waals surface area contributed by atoms with Crippen LogP contribution in [-0.2, 0) is 14.8 Å². The summed E-state index contributed by atoms with van der Waals surface area (Å²) in [7, 11) is -0.503. The largest absolute Gasteiger partial charge is 0.325 e. The van der Waals surface area contributed by atoms with Crippen LogP contribution in [0.5, 0.6) is 0 Å². The lowest BCUT2D eigenvalue weighted by Gasteiger charge is -2.14. The molecule has 0 saturated carbocycles. The molecular formula is C17H20N2O3S2. The maximum atomic E-state index is 12.2. The van der Waals surface area contributed by atoms with Crippen molar-refractivity contribution >= 4 is 33.4 Å². The molecule has 128 valence electrons. The topological polar surface area (TPSA) is 66.5 Å². The summed E-state index contributed by atoms with van der Waals surface area (Å²) in [5.41, 5.74) is 0.568. The predicted octanol–water partition coefficient (Wildman–Crippen LogP) is 3.06. The fourth-order valence-corrected chi connectivity index (χ4v) is 3.71. The molecule has 2 rings (SSSR count). The van der Waals surface area contributed by atoms with E-state index < -0.39 is 10.0 Å². The first-order chi connectivity index (χ1) is 11.3. The van der Waals surface area contributed by atoms with Crippen LogP contribution in [0.1, 0.15) is 6.92 Å². The number of amides is 1. The predicted molar refractivity (Wildman–Crippen MR) is 97.7 cm³/mol. The Hall–Kier alpha value is -1.83. The van der Waals surface area contributed by atoms with Crippen molar-refractivity contribution in [3.63, 3.8) is 0 Å². The fourth-order valence-electron chi connectivity index (χ4n) is 1.92. The second kappa shape index (κ2) is 7.83. The van der Waals surface area contributed by atoms with E-state index in [0.717, 1.165) is 9.20 Å². The van der Waals surface area contributed by atoms with Gasteiger partial charge in [-0.15, -0.1) is 11.8 Å². The molecule has 0 heterocycles. The lowest BCUT2D eigenvalue weighted by atomic mass is 10.3. The van der Waals surface area contributed by atoms with Gasteiger partial charge in [-0.1, -0.05) is 18.2 Å². The van der Waals surface area contributed by atoms with Crippen molar-refractivity contribution in [3.05, 3.63) is 54.6 Å². The molecule has 0 spiro atoms. The fraction of sp³-hybridized carbons (Fsp3) is 0.235. The smallest absolute Gasteiger partial charge is 0.242 e. The van der Waals surface area contributed by atoms with Crippen LogP contribution in [0.25, 0.3) is 0 Å². The van der Waals surface area contributed by atoms with Crippen molar-refractivity contribution in [2.45, 2.75) is 22.0 Å². The Kier molecular flexibility index (Phi) is 6.04. The summed E-state index contributed by atoms with van der Waals surface area (Å²) in [5.74, 6) is -0.132. The average molecular weight is 364 g/mol. The van der Waals surface area contributed by atoms with E-state index in [0.29, 0.717) is 5.69 Å². The van der Waals surface area contributed by atoms with E-state index in [4.69, 9.17) is 0 Å². The van der Waals surface area contributed by atoms with Crippen molar-refractivity contribution in [2.24, 2.45) is 0 Å². The number of nitrogens with one attached hydrogen (secondary N) is 1. The maximum Gasteiger partial charge on any atom is 0.242 e. The van der Waals surface area contributed by atoms with Crippen molar-refractivity contribution in [2.75, 3.05) is 19.4 Å². The average Bonchev–Trinajstić information content (AvgIpc) is 2.56. The van der Waals surface area contributed by atoms with Gasteiger partial charge in [-0.2, -0.15) is 0 Å². The number of carbonyl (C=O) groups excluding carboxylic acids is 1. The minimum atomic E-state index is -3.46. The van der Waals surface area contributed by atoms with E-state index in [2.05, 4.69) is 5.32 Å². The second-order valence-corrected chi connectivity index (χ2v) is 8.94. The van der Waals surface area contributed by atoms with Crippen LogP contribution in [0.4, 0.5) is 5.69 Å². The van der Waals surface area contributed by atoms with Crippen LogP contribution in [0, 0.1) is 0 Å². The van der Waals surface area contributed by atoms with Gasteiger partial charge in [0.25, 0.3) is 0 Å². The molecule has 2 aromatic rings. The van der Waals surface area contributed by atoms with Crippen molar-refractivity contribution < 1.29 is 13.2 Å². The van der Waals surface area contributed by atoms with Crippen LogP contribution in [0.3, 0.4) is 0 Å². The van der Waals surface area contributed by atoms with Gasteiger partial charge in [-0.05, 0) is 43.3 Å². The first kappa shape index (κ1) is 18.5. The molecule has 5 nitrogen and oxygen atoms in total. The number of anilines is 1. The zero-order valence-electron chi connectivity index (χ0n) is 13.8. The highest BCUT2D eigenvalue weighted by molar-refractivity contribution is 8.00. The van der Waals surface area contributed by atoms with E-state index in [1.54, 1.807) is 12.1 Å². The molecule has 0 aliphatic carbocycles. The molecule has 7 heteroatoms. The molecule has 1 N–H and O–H groups in total. The van der Waals surface area contributed by atoms with E-state index >= 15 is 0 Å². The number of thioether (sulfide) groups is 1. The number of benzene rings is 2. The Labute approximate surface area is 147 Å². The number of hydrogen-bond donors (Lipinski definition) is 1. The van der Waals surface area contributed by atoms with E-state index in [1.165, 1.54) is 38.0 Å². The van der Waals surface area contributed by atoms with E-state index in [-0.39, 0.29) is 16.1 Å². The van der Waals surface area contributed by atoms with Gasteiger partial charge in [0.05, 0.1) is 10.1 Å². The molecule has 1 atom stereocenters. The number of sulfonamides is 1. The normalized spacial score (nSPS) is 12.8. The third-order valence-corrected chi connectivity index (χ3v) is 6.27. The van der Waals surface area contributed by atoms with Gasteiger partial charge in [0, 0.05) is 24.7 Å². The highest BCUT2D eigenvalue weighted by Gasteiger charge is 2.18. The standard InChI is InChI=1S/C17H20N2O3S2/c1-13(23-15-7-5-4-6-8-15)17(20)18-14-9-11-16(12-10-14)24(21,22)19(2)3/h4-13H,1-3H3,(H,18,20)/t13-/m1/s1. The van der Waals surface area contributed by atoms with Crippen LogP contribution in [-0.4, -0.2) is 38.0 Å². The van der Waals surface area contributed by atoms with Gasteiger partial charge in [0.15, 0.2) is 0 Å². The van der Waals surface area contributed by atoms with Crippen LogP contribution in [0.2, 0.25) is 0 Å². The summed E-state index contributed by atoms with van der Waals surface area (Å²) in [6.07, 6.45) is 0. The van der Waals surface area contributed by atoms with E-state index in [9.17, 15) is 13.2 Å². The molecule has 1 amide bonds. The lowest BCUT2D eigenvalue weighted by molar-refractivity contribution is -0.115. The van der Waals surface area contributed by atoms with Crippen molar-refractivity contribution in [1.82, 2.24) is 4.31 Å². The first-order valence-electron chi connectivity index (χ1n) is 7.36. The molecular weight excluding hydrogens is 344 g/mol. The highest BCUT2D eigenvalue weighted by atomic mass is 32.2. The Bertz CT molecular complexity index is 788. The third kappa shape index (κ3) is 4.59. The number of hydrogen-bond acceptors (Lipinski definition) is 4. The minimum absolute atomic E-state index is 0.132. The van der Waals surface area contributed by atoms with Gasteiger partial charge in [-0.25, -0.2) is 12.7 Å². The molecule has 0 unspecified atom stereocenters. The number of rotatable bonds is 6. The van der Waals surface area contributed by atoms with Crippen molar-refractivity contribution in [3.8, 4) is 0 Å². The molecule has 2 aromatic carbocycles. The molecule has 0 aromatic heterocycles. The van der Waals surface area contributed by atoms with Gasteiger partial charge < -0.3 is 5.32 Å². The molecule has 0 bridgehead atoms. The molecule has 0 fully saturated rings. The Morgan fingerprint density at radius 1 is 1.04 bits per heavy atom. The van der Waals surface area contributed by atoms with E-state index in [1.807, 2.05) is 37.3 Å². The van der Waals surface area contributed by atoms with Crippen molar-refractivity contribution in [1.29, 1.82) is 0 Å². The summed E-state index contributed by atoms with van der Waals surface area (Å²) >= 11 is 1.47. The van der Waals surface area contributed by atoms with Crippen LogP contribution in [0.15, 0.2) is 64.4 Å². The van der Waals surface area contributed by atoms with Gasteiger partial charge in [0.2, 0.25) is 15.9 Å². The van der Waals surface area contributed by atoms with Gasteiger partial charge in [0.1, 0.15) is 0 Å².